The van der Waals surface area contributed by atoms with Gasteiger partial charge in [0.15, 0.2) is 0 Å². The molecule has 1 aliphatic carbocycles. The van der Waals surface area contributed by atoms with E-state index in [1.54, 1.807) is 0 Å². The molecule has 2 unspecified atom stereocenters. The monoisotopic (exact) mass is 228 g/mol. The SMILES string of the molecule is CCNC(=O)CN(CC)C1CCCCC1O. The van der Waals surface area contributed by atoms with Crippen molar-refractivity contribution in [1.29, 1.82) is 0 Å². The minimum atomic E-state index is -0.261. The molecule has 16 heavy (non-hydrogen) atoms. The Bertz CT molecular complexity index is 221. The van der Waals surface area contributed by atoms with Gasteiger partial charge in [0.25, 0.3) is 0 Å². The summed E-state index contributed by atoms with van der Waals surface area (Å²) in [5, 5.41) is 12.7. The van der Waals surface area contributed by atoms with Gasteiger partial charge >= 0.3 is 0 Å². The molecule has 0 bridgehead atoms. The van der Waals surface area contributed by atoms with Crippen LogP contribution in [-0.2, 0) is 4.79 Å². The number of likely N-dealkylation sites (N-methyl/N-ethyl adjacent to an activating group) is 2. The van der Waals surface area contributed by atoms with E-state index in [-0.39, 0.29) is 18.1 Å². The second kappa shape index (κ2) is 6.86. The van der Waals surface area contributed by atoms with Crippen LogP contribution in [0.5, 0.6) is 0 Å². The summed E-state index contributed by atoms with van der Waals surface area (Å²) in [6.45, 7) is 5.86. The third-order valence-corrected chi connectivity index (χ3v) is 3.29. The highest BCUT2D eigenvalue weighted by Crippen LogP contribution is 2.22. The fourth-order valence-corrected chi connectivity index (χ4v) is 2.42. The Morgan fingerprint density at radius 1 is 1.38 bits per heavy atom. The number of nitrogens with zero attached hydrogens (tertiary/aromatic N) is 1. The summed E-state index contributed by atoms with van der Waals surface area (Å²) in [5.41, 5.74) is 0. The zero-order chi connectivity index (χ0) is 12.0. The van der Waals surface area contributed by atoms with E-state index in [1.165, 1.54) is 0 Å². The quantitative estimate of drug-likeness (QED) is 0.730. The Kier molecular flexibility index (Phi) is 5.77. The highest BCUT2D eigenvalue weighted by atomic mass is 16.3. The van der Waals surface area contributed by atoms with E-state index >= 15 is 0 Å². The van der Waals surface area contributed by atoms with Crippen LogP contribution in [-0.4, -0.2) is 47.7 Å². The maximum atomic E-state index is 11.5. The van der Waals surface area contributed by atoms with Gasteiger partial charge in [0.05, 0.1) is 12.6 Å². The Hall–Kier alpha value is -0.610. The van der Waals surface area contributed by atoms with Gasteiger partial charge in [-0.1, -0.05) is 19.8 Å². The van der Waals surface area contributed by atoms with Crippen LogP contribution in [0.15, 0.2) is 0 Å². The third-order valence-electron chi connectivity index (χ3n) is 3.29. The number of amides is 1. The average molecular weight is 228 g/mol. The number of nitrogens with one attached hydrogen (secondary N) is 1. The highest BCUT2D eigenvalue weighted by molar-refractivity contribution is 5.77. The molecule has 0 aliphatic heterocycles. The molecule has 0 saturated heterocycles. The summed E-state index contributed by atoms with van der Waals surface area (Å²) in [4.78, 5) is 13.6. The van der Waals surface area contributed by atoms with Crippen molar-refractivity contribution in [1.82, 2.24) is 10.2 Å². The van der Waals surface area contributed by atoms with Gasteiger partial charge in [0, 0.05) is 12.6 Å². The Balaban J connectivity index is 2.48. The molecule has 2 N–H and O–H groups in total. The largest absolute Gasteiger partial charge is 0.391 e. The highest BCUT2D eigenvalue weighted by Gasteiger charge is 2.28. The molecule has 0 aromatic rings. The van der Waals surface area contributed by atoms with Gasteiger partial charge in [-0.2, -0.15) is 0 Å². The maximum absolute atomic E-state index is 11.5. The van der Waals surface area contributed by atoms with Crippen LogP contribution in [0.4, 0.5) is 0 Å². The first-order chi connectivity index (χ1) is 7.69. The first kappa shape index (κ1) is 13.5. The van der Waals surface area contributed by atoms with Gasteiger partial charge < -0.3 is 10.4 Å². The standard InChI is InChI=1S/C12H24N2O2/c1-3-13-12(16)9-14(4-2)10-7-5-6-8-11(10)15/h10-11,15H,3-9H2,1-2H3,(H,13,16). The molecule has 4 heteroatoms. The Labute approximate surface area is 98.0 Å². The molecule has 2 atom stereocenters. The van der Waals surface area contributed by atoms with E-state index < -0.39 is 0 Å². The third kappa shape index (κ3) is 3.76. The first-order valence-corrected chi connectivity index (χ1v) is 6.37. The lowest BCUT2D eigenvalue weighted by Crippen LogP contribution is -2.49. The zero-order valence-electron chi connectivity index (χ0n) is 10.4. The molecular weight excluding hydrogens is 204 g/mol. The normalized spacial score (nSPS) is 25.8. The van der Waals surface area contributed by atoms with Crippen molar-refractivity contribution in [2.24, 2.45) is 0 Å². The maximum Gasteiger partial charge on any atom is 0.234 e. The van der Waals surface area contributed by atoms with Crippen LogP contribution >= 0.6 is 0 Å². The van der Waals surface area contributed by atoms with Crippen LogP contribution in [0.3, 0.4) is 0 Å². The molecule has 0 aromatic carbocycles. The van der Waals surface area contributed by atoms with Crippen LogP contribution in [0.25, 0.3) is 0 Å². The molecule has 1 amide bonds. The fraction of sp³-hybridized carbons (Fsp3) is 0.917. The molecule has 0 heterocycles. The van der Waals surface area contributed by atoms with E-state index in [9.17, 15) is 9.90 Å². The van der Waals surface area contributed by atoms with Gasteiger partial charge in [0.1, 0.15) is 0 Å². The summed E-state index contributed by atoms with van der Waals surface area (Å²) < 4.78 is 0. The second-order valence-electron chi connectivity index (χ2n) is 4.44. The molecule has 1 fully saturated rings. The van der Waals surface area contributed by atoms with E-state index in [0.29, 0.717) is 13.1 Å². The Morgan fingerprint density at radius 3 is 2.62 bits per heavy atom. The van der Waals surface area contributed by atoms with Crippen molar-refractivity contribution >= 4 is 5.91 Å². The number of aliphatic hydroxyl groups is 1. The van der Waals surface area contributed by atoms with Crippen molar-refractivity contribution in [2.45, 2.75) is 51.7 Å². The van der Waals surface area contributed by atoms with E-state index in [2.05, 4.69) is 10.2 Å². The molecular formula is C12H24N2O2. The second-order valence-corrected chi connectivity index (χ2v) is 4.44. The number of carbonyl (C=O) groups excluding carboxylic acids is 1. The summed E-state index contributed by atoms with van der Waals surface area (Å²) in [5.74, 6) is 0.0575. The van der Waals surface area contributed by atoms with Crippen LogP contribution in [0.1, 0.15) is 39.5 Å². The van der Waals surface area contributed by atoms with Crippen molar-refractivity contribution < 1.29 is 9.90 Å². The first-order valence-electron chi connectivity index (χ1n) is 6.37. The number of rotatable bonds is 5. The molecule has 0 radical (unpaired) electrons. The summed E-state index contributed by atoms with van der Waals surface area (Å²) in [6, 6.07) is 0.168. The summed E-state index contributed by atoms with van der Waals surface area (Å²) >= 11 is 0. The van der Waals surface area contributed by atoms with Crippen LogP contribution < -0.4 is 5.32 Å². The van der Waals surface area contributed by atoms with Gasteiger partial charge in [-0.3, -0.25) is 9.69 Å². The van der Waals surface area contributed by atoms with Gasteiger partial charge in [0.2, 0.25) is 5.91 Å². The molecule has 94 valence electrons. The number of carbonyl (C=O) groups is 1. The summed E-state index contributed by atoms with van der Waals surface area (Å²) in [6.07, 6.45) is 3.89. The number of hydrogen-bond donors (Lipinski definition) is 2. The minimum Gasteiger partial charge on any atom is -0.391 e. The van der Waals surface area contributed by atoms with Crippen LogP contribution in [0.2, 0.25) is 0 Å². The minimum absolute atomic E-state index is 0.0575. The van der Waals surface area contributed by atoms with Crippen molar-refractivity contribution in [3.8, 4) is 0 Å². The van der Waals surface area contributed by atoms with Crippen LogP contribution in [0, 0.1) is 0 Å². The van der Waals surface area contributed by atoms with Gasteiger partial charge in [-0.05, 0) is 26.3 Å². The lowest BCUT2D eigenvalue weighted by molar-refractivity contribution is -0.123. The molecule has 0 spiro atoms. The van der Waals surface area contributed by atoms with Gasteiger partial charge in [-0.15, -0.1) is 0 Å². The predicted molar refractivity (Wildman–Crippen MR) is 64.2 cm³/mol. The van der Waals surface area contributed by atoms with E-state index in [1.807, 2.05) is 13.8 Å². The molecule has 1 aliphatic rings. The number of aliphatic hydroxyl groups excluding tert-OH is 1. The molecule has 1 rings (SSSR count). The number of hydrogen-bond acceptors (Lipinski definition) is 3. The smallest absolute Gasteiger partial charge is 0.234 e. The predicted octanol–water partition coefficient (Wildman–Crippen LogP) is 0.748. The Morgan fingerprint density at radius 2 is 2.06 bits per heavy atom. The van der Waals surface area contributed by atoms with Crippen molar-refractivity contribution in [3.63, 3.8) is 0 Å². The van der Waals surface area contributed by atoms with E-state index in [4.69, 9.17) is 0 Å². The molecule has 1 saturated carbocycles. The fourth-order valence-electron chi connectivity index (χ4n) is 2.42. The lowest BCUT2D eigenvalue weighted by atomic mass is 9.91. The van der Waals surface area contributed by atoms with Crippen molar-refractivity contribution in [3.05, 3.63) is 0 Å². The van der Waals surface area contributed by atoms with E-state index in [0.717, 1.165) is 32.2 Å². The summed E-state index contributed by atoms with van der Waals surface area (Å²) in [7, 11) is 0. The molecule has 0 aromatic heterocycles. The zero-order valence-corrected chi connectivity index (χ0v) is 10.4. The average Bonchev–Trinajstić information content (AvgIpc) is 2.27. The topological polar surface area (TPSA) is 52.6 Å². The van der Waals surface area contributed by atoms with Gasteiger partial charge in [-0.25, -0.2) is 0 Å². The molecule has 4 nitrogen and oxygen atoms in total. The van der Waals surface area contributed by atoms with Crippen molar-refractivity contribution in [2.75, 3.05) is 19.6 Å². The lowest BCUT2D eigenvalue weighted by Gasteiger charge is -2.36.